The zero-order valence-electron chi connectivity index (χ0n) is 24.5. The van der Waals surface area contributed by atoms with Gasteiger partial charge in [-0.3, -0.25) is 4.79 Å². The fourth-order valence-electron chi connectivity index (χ4n) is 5.83. The predicted molar refractivity (Wildman–Crippen MR) is 151 cm³/mol. The van der Waals surface area contributed by atoms with E-state index in [1.165, 1.54) is 12.0 Å². The normalized spacial score (nSPS) is 24.7. The maximum atomic E-state index is 14.1. The number of cyclic esters (lactones) is 1. The van der Waals surface area contributed by atoms with E-state index in [2.05, 4.69) is 23.5 Å². The summed E-state index contributed by atoms with van der Waals surface area (Å²) in [5, 5.41) is 4.85. The summed E-state index contributed by atoms with van der Waals surface area (Å²) in [7, 11) is 4.59. The van der Waals surface area contributed by atoms with Crippen molar-refractivity contribution in [1.82, 2.24) is 10.2 Å². The van der Waals surface area contributed by atoms with Gasteiger partial charge in [-0.15, -0.1) is 0 Å². The molecule has 2 aromatic rings. The van der Waals surface area contributed by atoms with Crippen LogP contribution in [0.1, 0.15) is 64.0 Å². The minimum absolute atomic E-state index is 0.125. The Morgan fingerprint density at radius 3 is 2.45 bits per heavy atom. The molecule has 0 spiro atoms. The Bertz CT molecular complexity index is 1250. The number of nitrogens with one attached hydrogen (secondary N) is 1. The number of nitrogens with zero attached hydrogens (tertiary/aromatic N) is 1. The lowest BCUT2D eigenvalue weighted by atomic mass is 9.85. The lowest BCUT2D eigenvalue weighted by Crippen LogP contribution is -2.57. The number of hydrogen-bond acceptors (Lipinski definition) is 7. The highest BCUT2D eigenvalue weighted by molar-refractivity contribution is 5.91. The first-order valence-corrected chi connectivity index (χ1v) is 14.0. The van der Waals surface area contributed by atoms with Crippen molar-refractivity contribution >= 4 is 28.7 Å². The van der Waals surface area contributed by atoms with E-state index in [9.17, 15) is 14.4 Å². The van der Waals surface area contributed by atoms with E-state index in [1.54, 1.807) is 14.2 Å². The molecule has 2 aromatic carbocycles. The molecule has 9 nitrogen and oxygen atoms in total. The van der Waals surface area contributed by atoms with Crippen LogP contribution in [0.2, 0.25) is 0 Å². The molecule has 40 heavy (non-hydrogen) atoms. The van der Waals surface area contributed by atoms with E-state index in [0.29, 0.717) is 0 Å². The summed E-state index contributed by atoms with van der Waals surface area (Å²) < 4.78 is 22.4. The number of carbonyl (C=O) groups excluding carboxylic acids is 3. The number of rotatable bonds is 3. The molecule has 2 amide bonds. The molecule has 2 aliphatic rings. The highest BCUT2D eigenvalue weighted by Gasteiger charge is 2.53. The second-order valence-corrected chi connectivity index (χ2v) is 11.9. The Balaban J connectivity index is 1.82. The Labute approximate surface area is 236 Å². The van der Waals surface area contributed by atoms with Crippen LogP contribution in [0, 0.1) is 5.41 Å². The molecule has 1 saturated heterocycles. The van der Waals surface area contributed by atoms with Crippen molar-refractivity contribution in [2.75, 3.05) is 34.5 Å². The molecule has 0 aromatic heterocycles. The van der Waals surface area contributed by atoms with Crippen molar-refractivity contribution in [3.63, 3.8) is 0 Å². The van der Waals surface area contributed by atoms with Gasteiger partial charge in [-0.2, -0.15) is 0 Å². The van der Waals surface area contributed by atoms with Crippen LogP contribution in [-0.2, 0) is 35.8 Å². The fourth-order valence-corrected chi connectivity index (χ4v) is 5.83. The molecular formula is C31H42N2O7. The van der Waals surface area contributed by atoms with E-state index in [1.807, 2.05) is 32.9 Å². The molecule has 0 aliphatic carbocycles. The molecule has 2 aliphatic heterocycles. The third kappa shape index (κ3) is 6.04. The van der Waals surface area contributed by atoms with Gasteiger partial charge < -0.3 is 29.2 Å². The van der Waals surface area contributed by atoms with E-state index in [-0.39, 0.29) is 25.5 Å². The van der Waals surface area contributed by atoms with Crippen molar-refractivity contribution in [1.29, 1.82) is 0 Å². The third-order valence-corrected chi connectivity index (χ3v) is 8.19. The van der Waals surface area contributed by atoms with E-state index >= 15 is 0 Å². The quantitative estimate of drug-likeness (QED) is 0.548. The highest BCUT2D eigenvalue weighted by Crippen LogP contribution is 2.42. The van der Waals surface area contributed by atoms with Crippen LogP contribution in [0.5, 0.6) is 5.75 Å². The predicted octanol–water partition coefficient (Wildman–Crippen LogP) is 4.72. The minimum atomic E-state index is -0.950. The Kier molecular flexibility index (Phi) is 8.93. The average molecular weight is 555 g/mol. The zero-order valence-corrected chi connectivity index (χ0v) is 24.5. The number of carbonyl (C=O) groups is 3. The molecular weight excluding hydrogens is 512 g/mol. The Hall–Kier alpha value is -3.33. The summed E-state index contributed by atoms with van der Waals surface area (Å²) in [5.41, 5.74) is 0.386. The van der Waals surface area contributed by atoms with Crippen LogP contribution >= 0.6 is 0 Å². The van der Waals surface area contributed by atoms with Crippen molar-refractivity contribution in [2.24, 2.45) is 5.41 Å². The summed E-state index contributed by atoms with van der Waals surface area (Å²) in [6.07, 6.45) is 4.05. The number of alkyl carbamates (subject to hydrolysis) is 1. The van der Waals surface area contributed by atoms with Crippen LogP contribution in [0.4, 0.5) is 4.79 Å². The Morgan fingerprint density at radius 2 is 1.77 bits per heavy atom. The van der Waals surface area contributed by atoms with E-state index < -0.39 is 35.2 Å². The van der Waals surface area contributed by atoms with Gasteiger partial charge in [0, 0.05) is 13.5 Å². The molecule has 218 valence electrons. The monoisotopic (exact) mass is 554 g/mol. The molecule has 1 N–H and O–H groups in total. The molecule has 0 saturated carbocycles. The Morgan fingerprint density at radius 1 is 1.02 bits per heavy atom. The SMILES string of the molecule is COC(=O)[C@@H]1C[C@]2(OC)CN1C(=O)[C@H](C(C)(C)C)NC(=O)OCCCCCCc1cc3cc2ccc3cc1OC. The number of ether oxygens (including phenoxy) is 4. The standard InChI is InChI=1S/C31H42N2O7/c1-30(2,3)26-27(34)33-19-31(39-6,18-24(33)28(35)38-5)23-13-12-20-17-25(37-4)21(15-22(20)16-23)11-9-7-8-10-14-40-29(36)32-26/h12-13,15-17,24,26H,7-11,14,18-19H2,1-6H3,(H,32,36)/t24-,26+,31-/m0/s1. The van der Waals surface area contributed by atoms with E-state index in [4.69, 9.17) is 18.9 Å². The van der Waals surface area contributed by atoms with Crippen molar-refractivity contribution in [2.45, 2.75) is 77.0 Å². The van der Waals surface area contributed by atoms with Gasteiger partial charge in [-0.25, -0.2) is 9.59 Å². The van der Waals surface area contributed by atoms with Gasteiger partial charge in [0.25, 0.3) is 0 Å². The van der Waals surface area contributed by atoms with Crippen molar-refractivity contribution < 1.29 is 33.3 Å². The van der Waals surface area contributed by atoms with Gasteiger partial charge in [0.05, 0.1) is 27.4 Å². The first-order chi connectivity index (χ1) is 19.0. The molecule has 1 fully saturated rings. The number of benzene rings is 2. The van der Waals surface area contributed by atoms with Gasteiger partial charge >= 0.3 is 12.1 Å². The number of hydrogen-bond donors (Lipinski definition) is 1. The molecule has 5 bridgehead atoms. The third-order valence-electron chi connectivity index (χ3n) is 8.19. The maximum absolute atomic E-state index is 14.1. The minimum Gasteiger partial charge on any atom is -0.496 e. The highest BCUT2D eigenvalue weighted by atomic mass is 16.5. The lowest BCUT2D eigenvalue weighted by Gasteiger charge is -2.35. The largest absolute Gasteiger partial charge is 0.496 e. The molecule has 0 unspecified atom stereocenters. The molecule has 3 atom stereocenters. The number of methoxy groups -OCH3 is 3. The molecule has 0 radical (unpaired) electrons. The van der Waals surface area contributed by atoms with Gasteiger partial charge in [0.15, 0.2) is 0 Å². The van der Waals surface area contributed by atoms with Crippen LogP contribution in [0.15, 0.2) is 30.3 Å². The first-order valence-electron chi connectivity index (χ1n) is 14.0. The van der Waals surface area contributed by atoms with Gasteiger partial charge in [-0.05, 0) is 64.8 Å². The molecule has 4 rings (SSSR count). The maximum Gasteiger partial charge on any atom is 0.407 e. The molecule has 2 heterocycles. The van der Waals surface area contributed by atoms with Gasteiger partial charge in [-0.1, -0.05) is 45.7 Å². The lowest BCUT2D eigenvalue weighted by molar-refractivity contribution is -0.152. The summed E-state index contributed by atoms with van der Waals surface area (Å²) in [6, 6.07) is 8.49. The van der Waals surface area contributed by atoms with Gasteiger partial charge in [0.2, 0.25) is 5.91 Å². The number of aryl methyl sites for hydroxylation is 1. The fraction of sp³-hybridized carbons (Fsp3) is 0.581. The topological polar surface area (TPSA) is 103 Å². The van der Waals surface area contributed by atoms with Crippen LogP contribution in [0.3, 0.4) is 0 Å². The first kappa shape index (κ1) is 29.6. The average Bonchev–Trinajstić information content (AvgIpc) is 3.34. The summed E-state index contributed by atoms with van der Waals surface area (Å²) in [5.74, 6) is -0.0637. The van der Waals surface area contributed by atoms with E-state index in [0.717, 1.165) is 59.8 Å². The van der Waals surface area contributed by atoms with Crippen molar-refractivity contribution in [3.8, 4) is 5.75 Å². The smallest absolute Gasteiger partial charge is 0.407 e. The molecule has 9 heteroatoms. The van der Waals surface area contributed by atoms with Crippen LogP contribution < -0.4 is 10.1 Å². The van der Waals surface area contributed by atoms with Gasteiger partial charge in [0.1, 0.15) is 23.4 Å². The number of amides is 2. The summed E-state index contributed by atoms with van der Waals surface area (Å²) >= 11 is 0. The van der Waals surface area contributed by atoms with Crippen molar-refractivity contribution in [3.05, 3.63) is 41.5 Å². The van der Waals surface area contributed by atoms with Crippen LogP contribution in [0.25, 0.3) is 10.8 Å². The number of fused-ring (bicyclic) bond motifs is 5. The second kappa shape index (κ2) is 12.0. The zero-order chi connectivity index (χ0) is 29.1. The summed E-state index contributed by atoms with van der Waals surface area (Å²) in [6.45, 7) is 5.99. The van der Waals surface area contributed by atoms with Crippen LogP contribution in [-0.4, -0.2) is 69.4 Å². The second-order valence-electron chi connectivity index (χ2n) is 11.9. The number of esters is 1. The summed E-state index contributed by atoms with van der Waals surface area (Å²) in [4.78, 5) is 41.3.